The molecule has 1 saturated carbocycles. The van der Waals surface area contributed by atoms with Gasteiger partial charge in [-0.15, -0.1) is 0 Å². The van der Waals surface area contributed by atoms with Gasteiger partial charge in [-0.05, 0) is 48.4 Å². The second kappa shape index (κ2) is 4.97. The summed E-state index contributed by atoms with van der Waals surface area (Å²) in [6.07, 6.45) is 2.81. The molecule has 1 aromatic carbocycles. The molecule has 0 bridgehead atoms. The van der Waals surface area contributed by atoms with Crippen molar-refractivity contribution in [1.82, 2.24) is 5.32 Å². The Labute approximate surface area is 114 Å². The summed E-state index contributed by atoms with van der Waals surface area (Å²) in [5.41, 5.74) is 3.67. The minimum absolute atomic E-state index is 0.138. The van der Waals surface area contributed by atoms with Gasteiger partial charge in [-0.1, -0.05) is 26.0 Å². The van der Waals surface area contributed by atoms with E-state index in [0.29, 0.717) is 12.5 Å². The quantitative estimate of drug-likeness (QED) is 0.872. The van der Waals surface area contributed by atoms with Crippen molar-refractivity contribution in [3.05, 3.63) is 29.3 Å². The summed E-state index contributed by atoms with van der Waals surface area (Å²) in [6.45, 7) is 5.49. The van der Waals surface area contributed by atoms with Gasteiger partial charge in [-0.3, -0.25) is 4.79 Å². The highest BCUT2D eigenvalue weighted by molar-refractivity contribution is 5.93. The van der Waals surface area contributed by atoms with E-state index in [1.165, 1.54) is 17.5 Å². The Bertz CT molecular complexity index is 498. The number of benzene rings is 1. The SMILES string of the molecule is CCNC(c1ccc2c(c1)CCC(=O)N2)C1CC1C. The predicted octanol–water partition coefficient (Wildman–Crippen LogP) is 2.88. The van der Waals surface area contributed by atoms with Gasteiger partial charge in [0, 0.05) is 18.2 Å². The Morgan fingerprint density at radius 3 is 2.89 bits per heavy atom. The van der Waals surface area contributed by atoms with Crippen molar-refractivity contribution in [1.29, 1.82) is 0 Å². The van der Waals surface area contributed by atoms with Crippen LogP contribution in [-0.2, 0) is 11.2 Å². The van der Waals surface area contributed by atoms with Crippen LogP contribution in [0.2, 0.25) is 0 Å². The van der Waals surface area contributed by atoms with Crippen LogP contribution in [0.15, 0.2) is 18.2 Å². The summed E-state index contributed by atoms with van der Waals surface area (Å²) in [5, 5.41) is 6.57. The van der Waals surface area contributed by atoms with Crippen LogP contribution in [0.3, 0.4) is 0 Å². The first kappa shape index (κ1) is 12.7. The molecule has 0 aromatic heterocycles. The second-order valence-electron chi connectivity index (χ2n) is 5.88. The van der Waals surface area contributed by atoms with Crippen LogP contribution >= 0.6 is 0 Å². The summed E-state index contributed by atoms with van der Waals surface area (Å²) in [5.74, 6) is 1.75. The van der Waals surface area contributed by atoms with Gasteiger partial charge in [-0.2, -0.15) is 0 Å². The number of hydrogen-bond donors (Lipinski definition) is 2. The lowest BCUT2D eigenvalue weighted by Gasteiger charge is -2.22. The zero-order chi connectivity index (χ0) is 13.4. The maximum Gasteiger partial charge on any atom is 0.224 e. The number of fused-ring (bicyclic) bond motifs is 1. The minimum Gasteiger partial charge on any atom is -0.326 e. The highest BCUT2D eigenvalue weighted by atomic mass is 16.1. The fraction of sp³-hybridized carbons (Fsp3) is 0.562. The molecule has 2 N–H and O–H groups in total. The molecular weight excluding hydrogens is 236 g/mol. The van der Waals surface area contributed by atoms with Gasteiger partial charge in [-0.25, -0.2) is 0 Å². The Morgan fingerprint density at radius 1 is 1.42 bits per heavy atom. The molecule has 1 amide bonds. The van der Waals surface area contributed by atoms with Crippen molar-refractivity contribution in [2.24, 2.45) is 11.8 Å². The second-order valence-corrected chi connectivity index (χ2v) is 5.88. The lowest BCUT2D eigenvalue weighted by Crippen LogP contribution is -2.24. The highest BCUT2D eigenvalue weighted by Gasteiger charge is 2.39. The van der Waals surface area contributed by atoms with Crippen molar-refractivity contribution in [2.45, 2.75) is 39.2 Å². The maximum atomic E-state index is 11.4. The third kappa shape index (κ3) is 2.52. The molecule has 102 valence electrons. The van der Waals surface area contributed by atoms with E-state index in [1.54, 1.807) is 0 Å². The van der Waals surface area contributed by atoms with E-state index >= 15 is 0 Å². The molecule has 3 unspecified atom stereocenters. The van der Waals surface area contributed by atoms with Gasteiger partial charge in [0.2, 0.25) is 5.91 Å². The first-order valence-electron chi connectivity index (χ1n) is 7.35. The van der Waals surface area contributed by atoms with Crippen LogP contribution in [0.4, 0.5) is 5.69 Å². The number of carbonyl (C=O) groups excluding carboxylic acids is 1. The van der Waals surface area contributed by atoms with E-state index in [4.69, 9.17) is 0 Å². The minimum atomic E-state index is 0.138. The summed E-state index contributed by atoms with van der Waals surface area (Å²) in [4.78, 5) is 11.4. The first-order valence-corrected chi connectivity index (χ1v) is 7.35. The molecule has 3 heteroatoms. The largest absolute Gasteiger partial charge is 0.326 e. The first-order chi connectivity index (χ1) is 9.19. The van der Waals surface area contributed by atoms with Crippen molar-refractivity contribution in [2.75, 3.05) is 11.9 Å². The molecule has 1 heterocycles. The zero-order valence-electron chi connectivity index (χ0n) is 11.7. The number of carbonyl (C=O) groups is 1. The van der Waals surface area contributed by atoms with E-state index in [-0.39, 0.29) is 5.91 Å². The summed E-state index contributed by atoms with van der Waals surface area (Å²) < 4.78 is 0. The Hall–Kier alpha value is -1.35. The van der Waals surface area contributed by atoms with Crippen molar-refractivity contribution < 1.29 is 4.79 Å². The standard InChI is InChI=1S/C16H22N2O/c1-3-17-16(13-8-10(13)2)12-4-6-14-11(9-12)5-7-15(19)18-14/h4,6,9-10,13,16-17H,3,5,7-8H2,1-2H3,(H,18,19). The van der Waals surface area contributed by atoms with Crippen molar-refractivity contribution in [3.8, 4) is 0 Å². The average molecular weight is 258 g/mol. The molecule has 1 fully saturated rings. The normalized spacial score (nSPS) is 26.5. The zero-order valence-corrected chi connectivity index (χ0v) is 11.7. The monoisotopic (exact) mass is 258 g/mol. The lowest BCUT2D eigenvalue weighted by molar-refractivity contribution is -0.116. The summed E-state index contributed by atoms with van der Waals surface area (Å²) in [7, 11) is 0. The molecule has 1 aromatic rings. The van der Waals surface area contributed by atoms with Crippen LogP contribution in [0.25, 0.3) is 0 Å². The molecule has 2 aliphatic rings. The van der Waals surface area contributed by atoms with Gasteiger partial charge >= 0.3 is 0 Å². The molecular formula is C16H22N2O. The fourth-order valence-electron chi connectivity index (χ4n) is 3.15. The van der Waals surface area contributed by atoms with Crippen molar-refractivity contribution >= 4 is 11.6 Å². The maximum absolute atomic E-state index is 11.4. The summed E-state index contributed by atoms with van der Waals surface area (Å²) in [6, 6.07) is 7.00. The molecule has 3 rings (SSSR count). The smallest absolute Gasteiger partial charge is 0.224 e. The predicted molar refractivity (Wildman–Crippen MR) is 77.1 cm³/mol. The molecule has 1 aliphatic carbocycles. The van der Waals surface area contributed by atoms with Crippen LogP contribution in [0, 0.1) is 11.8 Å². The van der Waals surface area contributed by atoms with E-state index in [2.05, 4.69) is 42.7 Å². The number of anilines is 1. The highest BCUT2D eigenvalue weighted by Crippen LogP contribution is 2.47. The van der Waals surface area contributed by atoms with E-state index in [9.17, 15) is 4.79 Å². The Kier molecular flexibility index (Phi) is 3.31. The van der Waals surface area contributed by atoms with Gasteiger partial charge in [0.15, 0.2) is 0 Å². The fourth-order valence-corrected chi connectivity index (χ4v) is 3.15. The molecule has 0 spiro atoms. The summed E-state index contributed by atoms with van der Waals surface area (Å²) >= 11 is 0. The molecule has 3 nitrogen and oxygen atoms in total. The number of amides is 1. The number of nitrogens with one attached hydrogen (secondary N) is 2. The van der Waals surface area contributed by atoms with Gasteiger partial charge in [0.25, 0.3) is 0 Å². The van der Waals surface area contributed by atoms with Gasteiger partial charge in [0.1, 0.15) is 0 Å². The van der Waals surface area contributed by atoms with Crippen molar-refractivity contribution in [3.63, 3.8) is 0 Å². The van der Waals surface area contributed by atoms with E-state index in [0.717, 1.165) is 30.5 Å². The molecule has 1 aliphatic heterocycles. The van der Waals surface area contributed by atoms with Crippen LogP contribution < -0.4 is 10.6 Å². The number of aryl methyl sites for hydroxylation is 1. The number of hydrogen-bond acceptors (Lipinski definition) is 2. The van der Waals surface area contributed by atoms with Gasteiger partial charge in [0.05, 0.1) is 0 Å². The molecule has 19 heavy (non-hydrogen) atoms. The molecule has 0 saturated heterocycles. The third-order valence-electron chi connectivity index (χ3n) is 4.41. The van der Waals surface area contributed by atoms with E-state index in [1.807, 2.05) is 0 Å². The number of rotatable bonds is 4. The third-order valence-corrected chi connectivity index (χ3v) is 4.41. The van der Waals surface area contributed by atoms with Crippen LogP contribution in [0.1, 0.15) is 43.9 Å². The van der Waals surface area contributed by atoms with Gasteiger partial charge < -0.3 is 10.6 Å². The Morgan fingerprint density at radius 2 is 2.21 bits per heavy atom. The average Bonchev–Trinajstić information content (AvgIpc) is 3.12. The molecule has 0 radical (unpaired) electrons. The lowest BCUT2D eigenvalue weighted by atomic mass is 9.94. The van der Waals surface area contributed by atoms with E-state index < -0.39 is 0 Å². The topological polar surface area (TPSA) is 41.1 Å². The van der Waals surface area contributed by atoms with Crippen LogP contribution in [0.5, 0.6) is 0 Å². The van der Waals surface area contributed by atoms with Crippen LogP contribution in [-0.4, -0.2) is 12.5 Å². The molecule has 3 atom stereocenters. The Balaban J connectivity index is 1.85.